The summed E-state index contributed by atoms with van der Waals surface area (Å²) >= 11 is 7.33. The van der Waals surface area contributed by atoms with Crippen molar-refractivity contribution in [1.29, 1.82) is 0 Å². The van der Waals surface area contributed by atoms with Gasteiger partial charge >= 0.3 is 0 Å². The van der Waals surface area contributed by atoms with Crippen molar-refractivity contribution in [3.8, 4) is 16.9 Å². The Morgan fingerprint density at radius 1 is 1.12 bits per heavy atom. The standard InChI is InChI=1S/C24H22ClN5O2S/c1-29(15-21(31)27-24-20(23(26)32)11-12-33-24)13-17-14-30(19-5-3-2-4-6-19)28-22(17)16-7-9-18(25)10-8-16/h2-12,14H,13,15H2,1H3,(H2,26,32)(H,27,31). The number of aromatic nitrogens is 2. The molecule has 0 spiro atoms. The molecule has 4 aromatic rings. The fraction of sp³-hybridized carbons (Fsp3) is 0.125. The maximum Gasteiger partial charge on any atom is 0.251 e. The number of likely N-dealkylation sites (N-methyl/N-ethyl adjacent to an activating group) is 1. The van der Waals surface area contributed by atoms with Crippen LogP contribution < -0.4 is 11.1 Å². The Morgan fingerprint density at radius 2 is 1.85 bits per heavy atom. The monoisotopic (exact) mass is 479 g/mol. The summed E-state index contributed by atoms with van der Waals surface area (Å²) in [5.41, 5.74) is 9.33. The fourth-order valence-electron chi connectivity index (χ4n) is 3.45. The lowest BCUT2D eigenvalue weighted by Gasteiger charge is -2.16. The average molecular weight is 480 g/mol. The number of halogens is 1. The Morgan fingerprint density at radius 3 is 2.55 bits per heavy atom. The smallest absolute Gasteiger partial charge is 0.251 e. The van der Waals surface area contributed by atoms with Crippen LogP contribution in [0.2, 0.25) is 5.02 Å². The van der Waals surface area contributed by atoms with Crippen LogP contribution in [-0.4, -0.2) is 40.1 Å². The number of amides is 2. The lowest BCUT2D eigenvalue weighted by molar-refractivity contribution is -0.117. The van der Waals surface area contributed by atoms with Gasteiger partial charge in [-0.15, -0.1) is 11.3 Å². The van der Waals surface area contributed by atoms with Crippen LogP contribution in [0.4, 0.5) is 5.00 Å². The van der Waals surface area contributed by atoms with Crippen molar-refractivity contribution in [3.05, 3.63) is 88.4 Å². The highest BCUT2D eigenvalue weighted by atomic mass is 35.5. The van der Waals surface area contributed by atoms with E-state index in [9.17, 15) is 9.59 Å². The minimum Gasteiger partial charge on any atom is -0.366 e. The molecule has 3 N–H and O–H groups in total. The zero-order valence-electron chi connectivity index (χ0n) is 17.9. The Hall–Kier alpha value is -3.46. The zero-order chi connectivity index (χ0) is 23.4. The van der Waals surface area contributed by atoms with Crippen molar-refractivity contribution in [2.45, 2.75) is 6.54 Å². The minimum atomic E-state index is -0.569. The molecule has 2 aromatic carbocycles. The molecule has 7 nitrogen and oxygen atoms in total. The number of rotatable bonds is 8. The largest absolute Gasteiger partial charge is 0.366 e. The van der Waals surface area contributed by atoms with Crippen LogP contribution >= 0.6 is 22.9 Å². The van der Waals surface area contributed by atoms with Gasteiger partial charge in [-0.25, -0.2) is 4.68 Å². The number of hydrogen-bond acceptors (Lipinski definition) is 5. The van der Waals surface area contributed by atoms with E-state index in [0.29, 0.717) is 22.1 Å². The maximum atomic E-state index is 12.6. The Labute approximate surface area is 200 Å². The fourth-order valence-corrected chi connectivity index (χ4v) is 4.38. The Bertz CT molecular complexity index is 1270. The molecule has 0 aliphatic rings. The molecule has 0 aliphatic heterocycles. The third kappa shape index (κ3) is 5.48. The molecule has 0 fully saturated rings. The SMILES string of the molecule is CN(CC(=O)Nc1sccc1C(N)=O)Cc1cn(-c2ccccc2)nc1-c1ccc(Cl)cc1. The van der Waals surface area contributed by atoms with Gasteiger partial charge in [0.15, 0.2) is 0 Å². The van der Waals surface area contributed by atoms with E-state index in [1.54, 1.807) is 11.4 Å². The van der Waals surface area contributed by atoms with E-state index in [0.717, 1.165) is 22.5 Å². The minimum absolute atomic E-state index is 0.132. The van der Waals surface area contributed by atoms with Gasteiger partial charge in [-0.3, -0.25) is 14.5 Å². The van der Waals surface area contributed by atoms with Crippen LogP contribution in [-0.2, 0) is 11.3 Å². The van der Waals surface area contributed by atoms with E-state index < -0.39 is 5.91 Å². The second-order valence-electron chi connectivity index (χ2n) is 7.54. The summed E-state index contributed by atoms with van der Waals surface area (Å²) in [5.74, 6) is -0.799. The summed E-state index contributed by atoms with van der Waals surface area (Å²) in [5, 5.41) is 10.4. The summed E-state index contributed by atoms with van der Waals surface area (Å²) in [6, 6.07) is 19.0. The number of nitrogens with zero attached hydrogens (tertiary/aromatic N) is 3. The van der Waals surface area contributed by atoms with Gasteiger partial charge in [0.05, 0.1) is 23.5 Å². The molecule has 0 radical (unpaired) electrons. The lowest BCUT2D eigenvalue weighted by Crippen LogP contribution is -2.30. The first kappa shape index (κ1) is 22.7. The summed E-state index contributed by atoms with van der Waals surface area (Å²) < 4.78 is 1.83. The average Bonchev–Trinajstić information content (AvgIpc) is 3.42. The first-order valence-electron chi connectivity index (χ1n) is 10.2. The summed E-state index contributed by atoms with van der Waals surface area (Å²) in [4.78, 5) is 25.9. The van der Waals surface area contributed by atoms with Crippen molar-refractivity contribution >= 4 is 39.8 Å². The van der Waals surface area contributed by atoms with E-state index in [2.05, 4.69) is 5.32 Å². The molecule has 0 saturated heterocycles. The number of primary amides is 1. The number of thiophene rings is 1. The normalized spacial score (nSPS) is 11.0. The van der Waals surface area contributed by atoms with Gasteiger partial charge in [-0.05, 0) is 42.8 Å². The number of nitrogens with one attached hydrogen (secondary N) is 1. The third-order valence-electron chi connectivity index (χ3n) is 4.97. The predicted molar refractivity (Wildman–Crippen MR) is 132 cm³/mol. The highest BCUT2D eigenvalue weighted by molar-refractivity contribution is 7.14. The topological polar surface area (TPSA) is 93.3 Å². The lowest BCUT2D eigenvalue weighted by atomic mass is 10.1. The molecule has 168 valence electrons. The van der Waals surface area contributed by atoms with Crippen LogP contribution in [0.25, 0.3) is 16.9 Å². The molecule has 0 aliphatic carbocycles. The van der Waals surface area contributed by atoms with E-state index in [1.165, 1.54) is 11.3 Å². The van der Waals surface area contributed by atoms with Crippen molar-refractivity contribution in [2.75, 3.05) is 18.9 Å². The number of para-hydroxylation sites is 1. The maximum absolute atomic E-state index is 12.6. The van der Waals surface area contributed by atoms with E-state index in [-0.39, 0.29) is 12.5 Å². The number of hydrogen-bond donors (Lipinski definition) is 2. The zero-order valence-corrected chi connectivity index (χ0v) is 19.4. The van der Waals surface area contributed by atoms with Gasteiger partial charge in [0.1, 0.15) is 5.00 Å². The van der Waals surface area contributed by atoms with Gasteiger partial charge in [-0.1, -0.05) is 41.9 Å². The Kier molecular flexibility index (Phi) is 6.88. The molecule has 0 atom stereocenters. The summed E-state index contributed by atoms with van der Waals surface area (Å²) in [6.45, 7) is 0.623. The number of carbonyl (C=O) groups excluding carboxylic acids is 2. The van der Waals surface area contributed by atoms with Crippen molar-refractivity contribution in [2.24, 2.45) is 5.73 Å². The molecule has 33 heavy (non-hydrogen) atoms. The molecular formula is C24H22ClN5O2S. The van der Waals surface area contributed by atoms with Crippen molar-refractivity contribution in [3.63, 3.8) is 0 Å². The number of anilines is 1. The van der Waals surface area contributed by atoms with Gasteiger partial charge in [-0.2, -0.15) is 5.10 Å². The quantitative estimate of drug-likeness (QED) is 0.391. The molecule has 2 amide bonds. The first-order valence-corrected chi connectivity index (χ1v) is 11.4. The summed E-state index contributed by atoms with van der Waals surface area (Å²) in [7, 11) is 1.86. The Balaban J connectivity index is 1.54. The second kappa shape index (κ2) is 9.99. The molecule has 0 saturated carbocycles. The van der Waals surface area contributed by atoms with Crippen LogP contribution in [0.1, 0.15) is 15.9 Å². The molecular weight excluding hydrogens is 458 g/mol. The number of carbonyl (C=O) groups is 2. The predicted octanol–water partition coefficient (Wildman–Crippen LogP) is 4.42. The van der Waals surface area contributed by atoms with E-state index in [4.69, 9.17) is 22.4 Å². The number of benzene rings is 2. The van der Waals surface area contributed by atoms with Crippen LogP contribution in [0.3, 0.4) is 0 Å². The van der Waals surface area contributed by atoms with Gasteiger partial charge in [0.25, 0.3) is 5.91 Å². The number of nitrogens with two attached hydrogens (primary N) is 1. The highest BCUT2D eigenvalue weighted by Gasteiger charge is 2.17. The van der Waals surface area contributed by atoms with Gasteiger partial charge in [0.2, 0.25) is 5.91 Å². The summed E-state index contributed by atoms with van der Waals surface area (Å²) in [6.07, 6.45) is 1.97. The molecule has 9 heteroatoms. The van der Waals surface area contributed by atoms with E-state index >= 15 is 0 Å². The first-order chi connectivity index (χ1) is 15.9. The molecule has 0 bridgehead atoms. The molecule has 4 rings (SSSR count). The highest BCUT2D eigenvalue weighted by Crippen LogP contribution is 2.26. The van der Waals surface area contributed by atoms with Crippen LogP contribution in [0.15, 0.2) is 72.2 Å². The van der Waals surface area contributed by atoms with E-state index in [1.807, 2.05) is 77.4 Å². The molecule has 0 unspecified atom stereocenters. The third-order valence-corrected chi connectivity index (χ3v) is 6.05. The van der Waals surface area contributed by atoms with Crippen molar-refractivity contribution < 1.29 is 9.59 Å². The molecule has 2 heterocycles. The van der Waals surface area contributed by atoms with Crippen LogP contribution in [0, 0.1) is 0 Å². The van der Waals surface area contributed by atoms with Crippen LogP contribution in [0.5, 0.6) is 0 Å². The second-order valence-corrected chi connectivity index (χ2v) is 8.89. The van der Waals surface area contributed by atoms with Gasteiger partial charge < -0.3 is 11.1 Å². The van der Waals surface area contributed by atoms with Gasteiger partial charge in [0, 0.05) is 28.9 Å². The van der Waals surface area contributed by atoms with Crippen molar-refractivity contribution in [1.82, 2.24) is 14.7 Å². The molecule has 2 aromatic heterocycles.